The van der Waals surface area contributed by atoms with Crippen LogP contribution in [0.2, 0.25) is 0 Å². The number of nitrogens with one attached hydrogen (secondary N) is 3. The van der Waals surface area contributed by atoms with Crippen LogP contribution in [0.15, 0.2) is 0 Å². The highest BCUT2D eigenvalue weighted by molar-refractivity contribution is 5.88. The van der Waals surface area contributed by atoms with Crippen LogP contribution in [0.5, 0.6) is 0 Å². The van der Waals surface area contributed by atoms with Crippen LogP contribution in [-0.2, 0) is 14.4 Å². The standard InChI is InChI=1S/C11H19N3O6/c1-11(2,3)14-7(15)5-12-10(20)13-6(9(18)19)4-8(16)17/h6H,4-5H2,1-3H3,(H,14,15)(H,16,17)(H,18,19)(H2,12,13,20)/t6-/m1/s1. The molecule has 0 aromatic heterocycles. The molecule has 3 amide bonds. The third kappa shape index (κ3) is 8.72. The number of urea groups is 1. The van der Waals surface area contributed by atoms with Gasteiger partial charge in [-0.05, 0) is 20.8 Å². The second-order valence-electron chi connectivity index (χ2n) is 5.11. The average molecular weight is 289 g/mol. The van der Waals surface area contributed by atoms with Gasteiger partial charge >= 0.3 is 18.0 Å². The van der Waals surface area contributed by atoms with E-state index in [4.69, 9.17) is 10.2 Å². The van der Waals surface area contributed by atoms with E-state index >= 15 is 0 Å². The Morgan fingerprint density at radius 2 is 1.65 bits per heavy atom. The van der Waals surface area contributed by atoms with Crippen molar-refractivity contribution in [2.45, 2.75) is 38.8 Å². The van der Waals surface area contributed by atoms with Gasteiger partial charge in [0.25, 0.3) is 0 Å². The third-order valence-electron chi connectivity index (χ3n) is 1.91. The van der Waals surface area contributed by atoms with Crippen LogP contribution in [0.1, 0.15) is 27.2 Å². The van der Waals surface area contributed by atoms with E-state index < -0.39 is 41.9 Å². The van der Waals surface area contributed by atoms with Crippen molar-refractivity contribution in [1.29, 1.82) is 0 Å². The Morgan fingerprint density at radius 3 is 2.05 bits per heavy atom. The first-order valence-corrected chi connectivity index (χ1v) is 5.81. The normalized spacial score (nSPS) is 12.2. The number of carboxylic acid groups (broad SMARTS) is 2. The second kappa shape index (κ2) is 7.31. The van der Waals surface area contributed by atoms with Crippen molar-refractivity contribution in [3.8, 4) is 0 Å². The SMILES string of the molecule is CC(C)(C)NC(=O)CNC(=O)N[C@H](CC(=O)O)C(=O)O. The summed E-state index contributed by atoms with van der Waals surface area (Å²) in [5.74, 6) is -3.28. The molecule has 0 aromatic rings. The summed E-state index contributed by atoms with van der Waals surface area (Å²) in [7, 11) is 0. The Kier molecular flexibility index (Phi) is 6.47. The van der Waals surface area contributed by atoms with E-state index in [-0.39, 0.29) is 6.54 Å². The zero-order valence-electron chi connectivity index (χ0n) is 11.5. The first kappa shape index (κ1) is 17.7. The molecule has 20 heavy (non-hydrogen) atoms. The largest absolute Gasteiger partial charge is 0.481 e. The predicted octanol–water partition coefficient (Wildman–Crippen LogP) is -0.872. The van der Waals surface area contributed by atoms with E-state index in [0.29, 0.717) is 0 Å². The second-order valence-corrected chi connectivity index (χ2v) is 5.11. The number of aliphatic carboxylic acids is 2. The molecule has 0 fully saturated rings. The topological polar surface area (TPSA) is 145 Å². The van der Waals surface area contributed by atoms with Crippen molar-refractivity contribution in [2.75, 3.05) is 6.54 Å². The van der Waals surface area contributed by atoms with Gasteiger partial charge in [-0.2, -0.15) is 0 Å². The first-order chi connectivity index (χ1) is 9.01. The number of amides is 3. The highest BCUT2D eigenvalue weighted by atomic mass is 16.4. The summed E-state index contributed by atoms with van der Waals surface area (Å²) < 4.78 is 0. The summed E-state index contributed by atoms with van der Waals surface area (Å²) in [6.45, 7) is 4.94. The van der Waals surface area contributed by atoms with E-state index in [1.165, 1.54) is 0 Å². The van der Waals surface area contributed by atoms with Crippen LogP contribution >= 0.6 is 0 Å². The molecule has 1 atom stereocenters. The van der Waals surface area contributed by atoms with E-state index in [1.54, 1.807) is 20.8 Å². The van der Waals surface area contributed by atoms with Gasteiger partial charge in [0.2, 0.25) is 5.91 Å². The number of carbonyl (C=O) groups excluding carboxylic acids is 2. The fourth-order valence-corrected chi connectivity index (χ4v) is 1.21. The monoisotopic (exact) mass is 289 g/mol. The van der Waals surface area contributed by atoms with Crippen molar-refractivity contribution in [3.63, 3.8) is 0 Å². The molecule has 0 saturated heterocycles. The summed E-state index contributed by atoms with van der Waals surface area (Å²) in [5, 5.41) is 23.9. The molecule has 114 valence electrons. The lowest BCUT2D eigenvalue weighted by atomic mass is 10.1. The molecule has 0 spiro atoms. The molecule has 0 unspecified atom stereocenters. The maximum absolute atomic E-state index is 11.4. The van der Waals surface area contributed by atoms with Crippen molar-refractivity contribution < 1.29 is 29.4 Å². The van der Waals surface area contributed by atoms with Gasteiger partial charge in [-0.15, -0.1) is 0 Å². The first-order valence-electron chi connectivity index (χ1n) is 5.81. The smallest absolute Gasteiger partial charge is 0.326 e. The molecular weight excluding hydrogens is 270 g/mol. The Balaban J connectivity index is 4.24. The number of hydrogen-bond acceptors (Lipinski definition) is 4. The molecule has 0 saturated carbocycles. The van der Waals surface area contributed by atoms with Crippen LogP contribution in [0.4, 0.5) is 4.79 Å². The molecule has 0 aliphatic rings. The number of hydrogen-bond donors (Lipinski definition) is 5. The van der Waals surface area contributed by atoms with Crippen LogP contribution in [0.3, 0.4) is 0 Å². The Hall–Kier alpha value is -2.32. The summed E-state index contributed by atoms with van der Waals surface area (Å²) in [5.41, 5.74) is -0.456. The van der Waals surface area contributed by atoms with Gasteiger partial charge in [-0.3, -0.25) is 9.59 Å². The zero-order chi connectivity index (χ0) is 15.9. The summed E-state index contributed by atoms with van der Waals surface area (Å²) in [6, 6.07) is -2.49. The van der Waals surface area contributed by atoms with Gasteiger partial charge in [-0.1, -0.05) is 0 Å². The molecule has 0 aromatic carbocycles. The molecule has 0 radical (unpaired) electrons. The molecule has 9 nitrogen and oxygen atoms in total. The van der Waals surface area contributed by atoms with E-state index in [9.17, 15) is 19.2 Å². The lowest BCUT2D eigenvalue weighted by Gasteiger charge is -2.20. The van der Waals surface area contributed by atoms with Gasteiger partial charge in [0, 0.05) is 5.54 Å². The minimum absolute atomic E-state index is 0.345. The summed E-state index contributed by atoms with van der Waals surface area (Å²) >= 11 is 0. The van der Waals surface area contributed by atoms with Crippen LogP contribution in [0, 0.1) is 0 Å². The number of rotatable bonds is 6. The lowest BCUT2D eigenvalue weighted by molar-refractivity contribution is -0.145. The maximum atomic E-state index is 11.4. The fraction of sp³-hybridized carbons (Fsp3) is 0.636. The van der Waals surface area contributed by atoms with Gasteiger partial charge < -0.3 is 26.2 Å². The quantitative estimate of drug-likeness (QED) is 0.429. The summed E-state index contributed by atoms with van der Waals surface area (Å²) in [4.78, 5) is 43.9. The van der Waals surface area contributed by atoms with Gasteiger partial charge in [-0.25, -0.2) is 9.59 Å². The summed E-state index contributed by atoms with van der Waals surface area (Å²) in [6.07, 6.45) is -0.753. The van der Waals surface area contributed by atoms with Crippen LogP contribution in [-0.4, -0.2) is 52.2 Å². The zero-order valence-corrected chi connectivity index (χ0v) is 11.5. The number of carbonyl (C=O) groups is 4. The van der Waals surface area contributed by atoms with Crippen molar-refractivity contribution in [3.05, 3.63) is 0 Å². The molecule has 0 heterocycles. The van der Waals surface area contributed by atoms with Crippen molar-refractivity contribution in [1.82, 2.24) is 16.0 Å². The average Bonchev–Trinajstić information content (AvgIpc) is 2.22. The Labute approximate surface area is 115 Å². The van der Waals surface area contributed by atoms with Crippen LogP contribution < -0.4 is 16.0 Å². The highest BCUT2D eigenvalue weighted by Gasteiger charge is 2.23. The molecular formula is C11H19N3O6. The maximum Gasteiger partial charge on any atom is 0.326 e. The molecule has 9 heteroatoms. The molecule has 0 rings (SSSR count). The Morgan fingerprint density at radius 1 is 1.10 bits per heavy atom. The highest BCUT2D eigenvalue weighted by Crippen LogP contribution is 1.97. The lowest BCUT2D eigenvalue weighted by Crippen LogP contribution is -2.51. The third-order valence-corrected chi connectivity index (χ3v) is 1.91. The van der Waals surface area contributed by atoms with Crippen molar-refractivity contribution in [2.24, 2.45) is 0 Å². The molecule has 5 N–H and O–H groups in total. The van der Waals surface area contributed by atoms with Crippen molar-refractivity contribution >= 4 is 23.9 Å². The minimum Gasteiger partial charge on any atom is -0.481 e. The van der Waals surface area contributed by atoms with Gasteiger partial charge in [0.1, 0.15) is 6.04 Å². The molecule has 0 aliphatic carbocycles. The fourth-order valence-electron chi connectivity index (χ4n) is 1.21. The Bertz CT molecular complexity index is 401. The van der Waals surface area contributed by atoms with E-state index in [0.717, 1.165) is 0 Å². The van der Waals surface area contributed by atoms with E-state index in [2.05, 4.69) is 10.6 Å². The minimum atomic E-state index is -1.56. The molecule has 0 aliphatic heterocycles. The predicted molar refractivity (Wildman–Crippen MR) is 68.1 cm³/mol. The van der Waals surface area contributed by atoms with Gasteiger partial charge in [0.15, 0.2) is 0 Å². The van der Waals surface area contributed by atoms with Crippen LogP contribution in [0.25, 0.3) is 0 Å². The van der Waals surface area contributed by atoms with Gasteiger partial charge in [0.05, 0.1) is 13.0 Å². The molecule has 0 bridgehead atoms. The van der Waals surface area contributed by atoms with E-state index in [1.807, 2.05) is 5.32 Å². The number of carboxylic acids is 2.